The molecule has 0 amide bonds. The molecule has 308 valence electrons. The Labute approximate surface area is 326 Å². The molecule has 0 fully saturated rings. The Morgan fingerprint density at radius 1 is 0.585 bits per heavy atom. The summed E-state index contributed by atoms with van der Waals surface area (Å²) < 4.78 is 29.2. The molecule has 0 aromatic rings. The zero-order valence-electron chi connectivity index (χ0n) is 34.8. The zero-order chi connectivity index (χ0) is 39.3. The third-order valence-corrected chi connectivity index (χ3v) is 10.4. The average molecular weight is 767 g/mol. The molecule has 0 aromatic heterocycles. The Kier molecular flexibility index (Phi) is 34.4. The van der Waals surface area contributed by atoms with E-state index in [2.05, 4.69) is 13.8 Å². The number of esters is 2. The van der Waals surface area contributed by atoms with Crippen LogP contribution in [-0.2, 0) is 28.2 Å². The predicted molar refractivity (Wildman–Crippen MR) is 223 cm³/mol. The summed E-state index contributed by atoms with van der Waals surface area (Å²) in [5, 5.41) is 0. The highest BCUT2D eigenvalue weighted by Crippen LogP contribution is 2.42. The Balaban J connectivity index is 4.55. The zero-order valence-corrected chi connectivity index (χ0v) is 35.7. The van der Waals surface area contributed by atoms with Crippen LogP contribution in [0.1, 0.15) is 168 Å². The van der Waals surface area contributed by atoms with E-state index in [9.17, 15) is 19.0 Å². The Hall–Kier alpha value is -1.99. The van der Waals surface area contributed by atoms with Crippen molar-refractivity contribution < 1.29 is 37.5 Å². The van der Waals surface area contributed by atoms with Gasteiger partial charge in [-0.05, 0) is 25.7 Å². The van der Waals surface area contributed by atoms with Crippen LogP contribution in [0.5, 0.6) is 0 Å². The molecular weight excluding hydrogens is 685 g/mol. The van der Waals surface area contributed by atoms with Crippen molar-refractivity contribution in [2.24, 2.45) is 0 Å². The van der Waals surface area contributed by atoms with Crippen LogP contribution >= 0.6 is 7.60 Å². The summed E-state index contributed by atoms with van der Waals surface area (Å²) >= 11 is 0. The first-order chi connectivity index (χ1) is 25.5. The van der Waals surface area contributed by atoms with Crippen molar-refractivity contribution >= 4 is 19.5 Å². The first kappa shape index (κ1) is 51.0. The summed E-state index contributed by atoms with van der Waals surface area (Å²) in [5.74, 6) is -1.24. The summed E-state index contributed by atoms with van der Waals surface area (Å²) in [6.45, 7) is 4.27. The van der Waals surface area contributed by atoms with Gasteiger partial charge in [-0.1, -0.05) is 179 Å². The number of quaternary nitrogens is 1. The van der Waals surface area contributed by atoms with Crippen molar-refractivity contribution in [2.75, 3.05) is 47.1 Å². The molecule has 0 saturated heterocycles. The van der Waals surface area contributed by atoms with E-state index in [1.165, 1.54) is 141 Å². The van der Waals surface area contributed by atoms with Gasteiger partial charge in [0.15, 0.2) is 6.10 Å². The number of hydrogen-bond acceptors (Lipinski definition) is 6. The molecule has 1 unspecified atom stereocenters. The van der Waals surface area contributed by atoms with Gasteiger partial charge in [-0.25, -0.2) is 9.59 Å². The van der Waals surface area contributed by atoms with Crippen molar-refractivity contribution in [1.82, 2.24) is 0 Å². The number of nitrogens with zero attached hydrogens (tertiary/aromatic N) is 1. The third kappa shape index (κ3) is 39.5. The largest absolute Gasteiger partial charge is 0.458 e. The van der Waals surface area contributed by atoms with Gasteiger partial charge in [-0.2, -0.15) is 0 Å². The molecular formula is C44H81NO7P+. The minimum Gasteiger partial charge on any atom is -0.458 e. The van der Waals surface area contributed by atoms with Crippen LogP contribution in [0, 0.1) is 0 Å². The quantitative estimate of drug-likeness (QED) is 0.0168. The molecule has 0 heterocycles. The summed E-state index contributed by atoms with van der Waals surface area (Å²) in [5.41, 5.74) is 0. The molecule has 0 saturated carbocycles. The lowest BCUT2D eigenvalue weighted by Gasteiger charge is -2.25. The highest BCUT2D eigenvalue weighted by Gasteiger charge is 2.26. The van der Waals surface area contributed by atoms with E-state index in [0.717, 1.165) is 25.7 Å². The number of carbonyl (C=O) groups is 2. The molecule has 0 radical (unpaired) electrons. The maximum absolute atomic E-state index is 12.6. The molecule has 0 aliphatic rings. The molecule has 0 bridgehead atoms. The first-order valence-electron chi connectivity index (χ1n) is 21.3. The SMILES string of the molecule is CCCCCCCCCCCCC/C=C/C=C/C(=O)OC[C@H](COP(=O)(O)CC[N+](C)(C)C)OC(=O)/C=C/C=C/CCCCCCCCCCCCC. The molecule has 8 nitrogen and oxygen atoms in total. The fourth-order valence-corrected chi connectivity index (χ4v) is 7.09. The van der Waals surface area contributed by atoms with Crippen molar-refractivity contribution in [2.45, 2.75) is 174 Å². The van der Waals surface area contributed by atoms with Gasteiger partial charge >= 0.3 is 19.5 Å². The molecule has 1 N–H and O–H groups in total. The van der Waals surface area contributed by atoms with Crippen molar-refractivity contribution in [3.63, 3.8) is 0 Å². The van der Waals surface area contributed by atoms with Crippen molar-refractivity contribution in [3.05, 3.63) is 48.6 Å². The molecule has 0 aliphatic carbocycles. The summed E-state index contributed by atoms with van der Waals surface area (Å²) in [7, 11) is 1.83. The van der Waals surface area contributed by atoms with Crippen LogP contribution in [0.25, 0.3) is 0 Å². The van der Waals surface area contributed by atoms with Crippen LogP contribution in [0.3, 0.4) is 0 Å². The standard InChI is InChI=1S/C44H80NO7P/c1-6-8-10-12-14-16-18-20-22-24-26-28-30-32-34-36-43(46)50-40-42(41-51-53(48,49)39-38-45(3,4)5)52-44(47)37-35-33-31-29-27-25-23-21-19-17-15-13-11-9-7-2/h30-37,42H,6-29,38-41H2,1-5H3/p+1/b32-30+,33-31+,36-34+,37-35+/t42-/m1/s1. The first-order valence-corrected chi connectivity index (χ1v) is 23.1. The van der Waals surface area contributed by atoms with Gasteiger partial charge in [0.2, 0.25) is 0 Å². The average Bonchev–Trinajstić information content (AvgIpc) is 3.11. The minimum atomic E-state index is -3.93. The van der Waals surface area contributed by atoms with E-state index in [0.29, 0.717) is 11.0 Å². The maximum atomic E-state index is 12.6. The highest BCUT2D eigenvalue weighted by atomic mass is 31.2. The molecule has 0 spiro atoms. The van der Waals surface area contributed by atoms with Crippen molar-refractivity contribution in [1.29, 1.82) is 0 Å². The summed E-state index contributed by atoms with van der Waals surface area (Å²) in [4.78, 5) is 35.2. The second kappa shape index (κ2) is 35.7. The van der Waals surface area contributed by atoms with E-state index >= 15 is 0 Å². The minimum absolute atomic E-state index is 0.0466. The number of rotatable bonds is 37. The smallest absolute Gasteiger partial charge is 0.333 e. The fourth-order valence-electron chi connectivity index (χ4n) is 5.70. The van der Waals surface area contributed by atoms with Crippen LogP contribution in [0.2, 0.25) is 0 Å². The predicted octanol–water partition coefficient (Wildman–Crippen LogP) is 12.0. The lowest BCUT2D eigenvalue weighted by molar-refractivity contribution is -0.867. The Morgan fingerprint density at radius 3 is 1.40 bits per heavy atom. The third-order valence-electron chi connectivity index (χ3n) is 9.12. The molecule has 0 aliphatic heterocycles. The van der Waals surface area contributed by atoms with Crippen LogP contribution < -0.4 is 0 Å². The molecule has 9 heteroatoms. The van der Waals surface area contributed by atoms with Gasteiger partial charge in [0.1, 0.15) is 6.61 Å². The maximum Gasteiger partial charge on any atom is 0.333 e. The van der Waals surface area contributed by atoms with Crippen molar-refractivity contribution in [3.8, 4) is 0 Å². The second-order valence-electron chi connectivity index (χ2n) is 15.6. The summed E-state index contributed by atoms with van der Waals surface area (Å²) in [6.07, 6.45) is 43.2. The van der Waals surface area contributed by atoms with Gasteiger partial charge in [-0.3, -0.25) is 4.57 Å². The van der Waals surface area contributed by atoms with E-state index in [1.54, 1.807) is 12.2 Å². The lowest BCUT2D eigenvalue weighted by Crippen LogP contribution is -2.37. The Bertz CT molecular complexity index is 1050. The number of hydrogen-bond donors (Lipinski definition) is 1. The van der Waals surface area contributed by atoms with Gasteiger partial charge in [0, 0.05) is 12.2 Å². The van der Waals surface area contributed by atoms with Crippen LogP contribution in [0.4, 0.5) is 0 Å². The van der Waals surface area contributed by atoms with E-state index in [-0.39, 0.29) is 19.4 Å². The number of ether oxygens (including phenoxy) is 2. The number of allylic oxidation sites excluding steroid dienone is 6. The second-order valence-corrected chi connectivity index (χ2v) is 17.6. The number of unbranched alkanes of at least 4 members (excludes halogenated alkanes) is 22. The van der Waals surface area contributed by atoms with Gasteiger partial charge in [0.05, 0.1) is 40.5 Å². The van der Waals surface area contributed by atoms with E-state index in [4.69, 9.17) is 14.0 Å². The molecule has 0 aromatic carbocycles. The van der Waals surface area contributed by atoms with Gasteiger partial charge in [0.25, 0.3) is 0 Å². The summed E-state index contributed by atoms with van der Waals surface area (Å²) in [6, 6.07) is 0. The fraction of sp³-hybridized carbons (Fsp3) is 0.773. The van der Waals surface area contributed by atoms with Crippen LogP contribution in [0.15, 0.2) is 48.6 Å². The van der Waals surface area contributed by atoms with Crippen LogP contribution in [-0.4, -0.2) is 74.5 Å². The molecule has 2 atom stereocenters. The highest BCUT2D eigenvalue weighted by molar-refractivity contribution is 7.52. The monoisotopic (exact) mass is 767 g/mol. The molecule has 0 rings (SSSR count). The Morgan fingerprint density at radius 2 is 0.981 bits per heavy atom. The molecule has 53 heavy (non-hydrogen) atoms. The van der Waals surface area contributed by atoms with Gasteiger partial charge in [-0.15, -0.1) is 0 Å². The number of carbonyl (C=O) groups excluding carboxylic acids is 2. The van der Waals surface area contributed by atoms with E-state index < -0.39 is 25.6 Å². The lowest BCUT2D eigenvalue weighted by atomic mass is 10.1. The van der Waals surface area contributed by atoms with E-state index in [1.807, 2.05) is 45.4 Å². The normalized spacial score (nSPS) is 14.2. The topological polar surface area (TPSA) is 99.1 Å². The van der Waals surface area contributed by atoms with Gasteiger partial charge < -0.3 is 23.4 Å².